The summed E-state index contributed by atoms with van der Waals surface area (Å²) in [6, 6.07) is 24.9. The zero-order chi connectivity index (χ0) is 23.9. The highest BCUT2D eigenvalue weighted by Gasteiger charge is 2.27. The Labute approximate surface area is 204 Å². The maximum atomic E-state index is 13.2. The van der Waals surface area contributed by atoms with Crippen LogP contribution in [-0.4, -0.2) is 53.7 Å². The fraction of sp³-hybridized carbons (Fsp3) is 0.222. The van der Waals surface area contributed by atoms with E-state index >= 15 is 0 Å². The minimum atomic E-state index is -0.499. The van der Waals surface area contributed by atoms with Gasteiger partial charge in [-0.2, -0.15) is 0 Å². The molecule has 6 nitrogen and oxygen atoms in total. The first kappa shape index (κ1) is 23.5. The molecule has 3 amide bonds. The standard InChI is InChI=1S/C27H26ClN3O3/c28-23-14-8-7-13-22(23)26(33)29-24(20-9-3-1-4-10-20)19-25(32)30-15-17-31(18-16-30)27(34)21-11-5-2-6-12-21/h1-14,24H,15-19H2,(H,29,33)/t24-/m0/s1. The van der Waals surface area contributed by atoms with Gasteiger partial charge in [0.15, 0.2) is 0 Å². The topological polar surface area (TPSA) is 69.7 Å². The van der Waals surface area contributed by atoms with Gasteiger partial charge in [0, 0.05) is 31.7 Å². The van der Waals surface area contributed by atoms with Crippen molar-refractivity contribution in [1.82, 2.24) is 15.1 Å². The summed E-state index contributed by atoms with van der Waals surface area (Å²) in [6.45, 7) is 1.86. The maximum absolute atomic E-state index is 13.2. The molecule has 3 aromatic rings. The molecule has 1 heterocycles. The van der Waals surface area contributed by atoms with Crippen molar-refractivity contribution in [3.8, 4) is 0 Å². The van der Waals surface area contributed by atoms with E-state index in [1.807, 2.05) is 48.5 Å². The predicted molar refractivity (Wildman–Crippen MR) is 132 cm³/mol. The molecule has 174 valence electrons. The lowest BCUT2D eigenvalue weighted by Crippen LogP contribution is -2.51. The zero-order valence-corrected chi connectivity index (χ0v) is 19.4. The second-order valence-corrected chi connectivity index (χ2v) is 8.57. The number of carbonyl (C=O) groups excluding carboxylic acids is 3. The van der Waals surface area contributed by atoms with E-state index in [1.165, 1.54) is 0 Å². The highest BCUT2D eigenvalue weighted by molar-refractivity contribution is 6.33. The van der Waals surface area contributed by atoms with Crippen molar-refractivity contribution in [3.63, 3.8) is 0 Å². The van der Waals surface area contributed by atoms with Gasteiger partial charge in [-0.25, -0.2) is 0 Å². The predicted octanol–water partition coefficient (Wildman–Crippen LogP) is 4.19. The third-order valence-electron chi connectivity index (χ3n) is 5.94. The summed E-state index contributed by atoms with van der Waals surface area (Å²) in [4.78, 5) is 42.3. The Morgan fingerprint density at radius 1 is 0.765 bits per heavy atom. The van der Waals surface area contributed by atoms with Crippen LogP contribution in [0.4, 0.5) is 0 Å². The average Bonchev–Trinajstić information content (AvgIpc) is 2.89. The summed E-state index contributed by atoms with van der Waals surface area (Å²) in [5, 5.41) is 3.33. The Bertz CT molecular complexity index is 1150. The molecule has 0 aromatic heterocycles. The summed E-state index contributed by atoms with van der Waals surface area (Å²) < 4.78 is 0. The van der Waals surface area contributed by atoms with E-state index in [0.717, 1.165) is 5.56 Å². The fourth-order valence-corrected chi connectivity index (χ4v) is 4.27. The summed E-state index contributed by atoms with van der Waals surface area (Å²) in [5.74, 6) is -0.424. The minimum Gasteiger partial charge on any atom is -0.345 e. The van der Waals surface area contributed by atoms with Crippen LogP contribution < -0.4 is 5.32 Å². The lowest BCUT2D eigenvalue weighted by molar-refractivity contribution is -0.133. The second kappa shape index (κ2) is 11.0. The largest absolute Gasteiger partial charge is 0.345 e. The molecule has 0 aliphatic carbocycles. The number of piperazine rings is 1. The quantitative estimate of drug-likeness (QED) is 0.581. The molecular weight excluding hydrogens is 450 g/mol. The number of halogens is 1. The van der Waals surface area contributed by atoms with E-state index in [0.29, 0.717) is 42.3 Å². The summed E-state index contributed by atoms with van der Waals surface area (Å²) in [5.41, 5.74) is 1.86. The molecule has 0 bridgehead atoms. The molecule has 0 spiro atoms. The van der Waals surface area contributed by atoms with Gasteiger partial charge in [-0.3, -0.25) is 14.4 Å². The van der Waals surface area contributed by atoms with Gasteiger partial charge in [0.2, 0.25) is 5.91 Å². The number of carbonyl (C=O) groups is 3. The molecule has 4 rings (SSSR count). The summed E-state index contributed by atoms with van der Waals surface area (Å²) in [6.07, 6.45) is 0.118. The van der Waals surface area contributed by atoms with Gasteiger partial charge in [0.1, 0.15) is 0 Å². The SMILES string of the molecule is O=C(N[C@@H](CC(=O)N1CCN(C(=O)c2ccccc2)CC1)c1ccccc1)c1ccccc1Cl. The van der Waals surface area contributed by atoms with Crippen LogP contribution in [0.5, 0.6) is 0 Å². The smallest absolute Gasteiger partial charge is 0.253 e. The van der Waals surface area contributed by atoms with E-state index in [-0.39, 0.29) is 24.1 Å². The lowest BCUT2D eigenvalue weighted by atomic mass is 10.0. The van der Waals surface area contributed by atoms with Gasteiger partial charge in [-0.1, -0.05) is 72.3 Å². The Hall–Kier alpha value is -3.64. The lowest BCUT2D eigenvalue weighted by Gasteiger charge is -2.35. The Balaban J connectivity index is 1.41. The molecule has 1 fully saturated rings. The van der Waals surface area contributed by atoms with E-state index in [2.05, 4.69) is 5.32 Å². The molecule has 0 radical (unpaired) electrons. The van der Waals surface area contributed by atoms with Crippen LogP contribution in [0.3, 0.4) is 0 Å². The average molecular weight is 476 g/mol. The van der Waals surface area contributed by atoms with Gasteiger partial charge in [-0.05, 0) is 29.8 Å². The van der Waals surface area contributed by atoms with E-state index in [4.69, 9.17) is 11.6 Å². The molecule has 0 saturated carbocycles. The number of amides is 3. The molecule has 1 N–H and O–H groups in total. The number of nitrogens with one attached hydrogen (secondary N) is 1. The van der Waals surface area contributed by atoms with Crippen LogP contribution in [0.2, 0.25) is 5.02 Å². The van der Waals surface area contributed by atoms with Crippen LogP contribution in [0.25, 0.3) is 0 Å². The first-order chi connectivity index (χ1) is 16.5. The minimum absolute atomic E-state index is 0.0261. The first-order valence-electron chi connectivity index (χ1n) is 11.3. The van der Waals surface area contributed by atoms with Gasteiger partial charge in [0.05, 0.1) is 23.0 Å². The highest BCUT2D eigenvalue weighted by Crippen LogP contribution is 2.22. The van der Waals surface area contributed by atoms with Crippen molar-refractivity contribution < 1.29 is 14.4 Å². The van der Waals surface area contributed by atoms with Crippen LogP contribution in [0.15, 0.2) is 84.9 Å². The number of rotatable bonds is 6. The third kappa shape index (κ3) is 5.64. The molecule has 1 saturated heterocycles. The van der Waals surface area contributed by atoms with Crippen molar-refractivity contribution >= 4 is 29.3 Å². The van der Waals surface area contributed by atoms with Crippen molar-refractivity contribution in [2.75, 3.05) is 26.2 Å². The fourth-order valence-electron chi connectivity index (χ4n) is 4.04. The Morgan fingerprint density at radius 2 is 1.32 bits per heavy atom. The van der Waals surface area contributed by atoms with Crippen LogP contribution >= 0.6 is 11.6 Å². The van der Waals surface area contributed by atoms with Crippen molar-refractivity contribution in [3.05, 3.63) is 107 Å². The first-order valence-corrected chi connectivity index (χ1v) is 11.6. The Kier molecular flexibility index (Phi) is 7.60. The highest BCUT2D eigenvalue weighted by atomic mass is 35.5. The normalized spacial score (nSPS) is 14.4. The molecule has 1 atom stereocenters. The molecule has 34 heavy (non-hydrogen) atoms. The van der Waals surface area contributed by atoms with Gasteiger partial charge in [0.25, 0.3) is 11.8 Å². The Morgan fingerprint density at radius 3 is 1.97 bits per heavy atom. The van der Waals surface area contributed by atoms with Gasteiger partial charge in [-0.15, -0.1) is 0 Å². The molecular formula is C27H26ClN3O3. The summed E-state index contributed by atoms with van der Waals surface area (Å²) >= 11 is 6.19. The number of benzene rings is 3. The van der Waals surface area contributed by atoms with Gasteiger partial charge >= 0.3 is 0 Å². The monoisotopic (exact) mass is 475 g/mol. The number of hydrogen-bond acceptors (Lipinski definition) is 3. The van der Waals surface area contributed by atoms with E-state index in [1.54, 1.807) is 46.2 Å². The van der Waals surface area contributed by atoms with Crippen molar-refractivity contribution in [2.24, 2.45) is 0 Å². The van der Waals surface area contributed by atoms with E-state index < -0.39 is 6.04 Å². The molecule has 1 aliphatic rings. The number of nitrogens with zero attached hydrogens (tertiary/aromatic N) is 2. The third-order valence-corrected chi connectivity index (χ3v) is 6.27. The maximum Gasteiger partial charge on any atom is 0.253 e. The van der Waals surface area contributed by atoms with Crippen LogP contribution in [-0.2, 0) is 4.79 Å². The molecule has 1 aliphatic heterocycles. The van der Waals surface area contributed by atoms with Gasteiger partial charge < -0.3 is 15.1 Å². The van der Waals surface area contributed by atoms with Crippen LogP contribution in [0, 0.1) is 0 Å². The van der Waals surface area contributed by atoms with Crippen molar-refractivity contribution in [2.45, 2.75) is 12.5 Å². The van der Waals surface area contributed by atoms with Crippen LogP contribution in [0.1, 0.15) is 38.7 Å². The molecule has 7 heteroatoms. The zero-order valence-electron chi connectivity index (χ0n) is 18.7. The summed E-state index contributed by atoms with van der Waals surface area (Å²) in [7, 11) is 0. The number of hydrogen-bond donors (Lipinski definition) is 1. The van der Waals surface area contributed by atoms with Crippen molar-refractivity contribution in [1.29, 1.82) is 0 Å². The molecule has 3 aromatic carbocycles. The molecule has 0 unspecified atom stereocenters. The second-order valence-electron chi connectivity index (χ2n) is 8.16. The van der Waals surface area contributed by atoms with E-state index in [9.17, 15) is 14.4 Å².